The van der Waals surface area contributed by atoms with Crippen LogP contribution in [0.15, 0.2) is 53.9 Å². The Morgan fingerprint density at radius 2 is 2.03 bits per heavy atom. The molecule has 4 rings (SSSR count). The van der Waals surface area contributed by atoms with Crippen LogP contribution < -0.4 is 9.64 Å². The first kappa shape index (κ1) is 20.1. The summed E-state index contributed by atoms with van der Waals surface area (Å²) in [7, 11) is 0. The number of anilines is 1. The molecule has 1 unspecified atom stereocenters. The van der Waals surface area contributed by atoms with Gasteiger partial charge in [-0.3, -0.25) is 14.5 Å². The van der Waals surface area contributed by atoms with E-state index >= 15 is 0 Å². The number of hydrogen-bond acceptors (Lipinski definition) is 6. The lowest BCUT2D eigenvalue weighted by atomic mass is 10.1. The zero-order valence-corrected chi connectivity index (χ0v) is 17.6. The van der Waals surface area contributed by atoms with Crippen LogP contribution in [0.4, 0.5) is 5.69 Å². The van der Waals surface area contributed by atoms with Crippen molar-refractivity contribution < 1.29 is 19.1 Å². The fourth-order valence-corrected chi connectivity index (χ4v) is 3.95. The molecule has 2 heterocycles. The minimum Gasteiger partial charge on any atom is -0.479 e. The first-order chi connectivity index (χ1) is 14.5. The maximum atomic E-state index is 12.8. The van der Waals surface area contributed by atoms with Crippen molar-refractivity contribution in [1.29, 1.82) is 0 Å². The summed E-state index contributed by atoms with van der Waals surface area (Å²) < 4.78 is 11.1. The number of thiazole rings is 1. The minimum absolute atomic E-state index is 0.159. The van der Waals surface area contributed by atoms with Gasteiger partial charge in [-0.15, -0.1) is 11.3 Å². The number of aromatic nitrogens is 1. The first-order valence-corrected chi connectivity index (χ1v) is 10.6. The second-order valence-electron chi connectivity index (χ2n) is 7.07. The standard InChI is InChI=1S/C23H22N2O4S/c1-15-23(27)25(13-22(26)28-11-10-17-6-4-3-5-7-17)20-12-18(8-9-21(20)29-15)19-14-30-16(2)24-19/h3-9,12,14-15H,10-11,13H2,1-2H3. The molecule has 1 atom stereocenters. The molecule has 0 bridgehead atoms. The van der Waals surface area contributed by atoms with E-state index in [0.29, 0.717) is 17.9 Å². The number of esters is 1. The van der Waals surface area contributed by atoms with Gasteiger partial charge >= 0.3 is 5.97 Å². The second-order valence-corrected chi connectivity index (χ2v) is 8.14. The van der Waals surface area contributed by atoms with E-state index in [2.05, 4.69) is 4.98 Å². The summed E-state index contributed by atoms with van der Waals surface area (Å²) in [5, 5.41) is 2.93. The molecule has 1 amide bonds. The van der Waals surface area contributed by atoms with Gasteiger partial charge in [0.25, 0.3) is 5.91 Å². The van der Waals surface area contributed by atoms with Gasteiger partial charge in [-0.25, -0.2) is 4.98 Å². The molecule has 1 aliphatic rings. The van der Waals surface area contributed by atoms with E-state index in [1.807, 2.05) is 60.8 Å². The third-order valence-corrected chi connectivity index (χ3v) is 5.64. The van der Waals surface area contributed by atoms with Crippen LogP contribution in [0, 0.1) is 6.92 Å². The van der Waals surface area contributed by atoms with Crippen LogP contribution in [0.25, 0.3) is 11.3 Å². The van der Waals surface area contributed by atoms with Crippen LogP contribution in [0.5, 0.6) is 5.75 Å². The highest BCUT2D eigenvalue weighted by atomic mass is 32.1. The van der Waals surface area contributed by atoms with Gasteiger partial charge in [0.2, 0.25) is 0 Å². The van der Waals surface area contributed by atoms with Gasteiger partial charge in [-0.2, -0.15) is 0 Å². The third-order valence-electron chi connectivity index (χ3n) is 4.87. The molecule has 0 N–H and O–H groups in total. The van der Waals surface area contributed by atoms with Crippen molar-refractivity contribution in [2.45, 2.75) is 26.4 Å². The Balaban J connectivity index is 1.49. The summed E-state index contributed by atoms with van der Waals surface area (Å²) in [4.78, 5) is 31.1. The Bertz CT molecular complexity index is 1060. The lowest BCUT2D eigenvalue weighted by molar-refractivity contribution is -0.143. The van der Waals surface area contributed by atoms with Crippen LogP contribution in [0.1, 0.15) is 17.5 Å². The summed E-state index contributed by atoms with van der Waals surface area (Å²) in [6.07, 6.45) is -0.0359. The molecular weight excluding hydrogens is 400 g/mol. The van der Waals surface area contributed by atoms with Gasteiger partial charge in [0.05, 0.1) is 23.0 Å². The van der Waals surface area contributed by atoms with Gasteiger partial charge in [0.15, 0.2) is 6.10 Å². The molecule has 30 heavy (non-hydrogen) atoms. The summed E-state index contributed by atoms with van der Waals surface area (Å²) in [5.74, 6) is -0.154. The highest BCUT2D eigenvalue weighted by molar-refractivity contribution is 7.09. The molecule has 2 aromatic carbocycles. The highest BCUT2D eigenvalue weighted by Crippen LogP contribution is 2.37. The van der Waals surface area contributed by atoms with Crippen LogP contribution in [-0.4, -0.2) is 36.1 Å². The van der Waals surface area contributed by atoms with Crippen molar-refractivity contribution in [2.75, 3.05) is 18.1 Å². The Morgan fingerprint density at radius 1 is 1.23 bits per heavy atom. The fourth-order valence-electron chi connectivity index (χ4n) is 3.33. The molecule has 7 heteroatoms. The van der Waals surface area contributed by atoms with Gasteiger partial charge in [-0.1, -0.05) is 30.3 Å². The van der Waals surface area contributed by atoms with Crippen molar-refractivity contribution in [3.05, 3.63) is 64.5 Å². The number of aryl methyl sites for hydroxylation is 1. The van der Waals surface area contributed by atoms with Crippen LogP contribution >= 0.6 is 11.3 Å². The lowest BCUT2D eigenvalue weighted by Crippen LogP contribution is -2.47. The summed E-state index contributed by atoms with van der Waals surface area (Å²) in [6, 6.07) is 15.4. The average Bonchev–Trinajstić information content (AvgIpc) is 3.18. The smallest absolute Gasteiger partial charge is 0.326 e. The van der Waals surface area contributed by atoms with Gasteiger partial charge in [-0.05, 0) is 37.6 Å². The number of hydrogen-bond donors (Lipinski definition) is 0. The SMILES string of the molecule is Cc1nc(-c2ccc3c(c2)N(CC(=O)OCCc2ccccc2)C(=O)C(C)O3)cs1. The quantitative estimate of drug-likeness (QED) is 0.561. The molecule has 1 aliphatic heterocycles. The predicted molar refractivity (Wildman–Crippen MR) is 116 cm³/mol. The zero-order chi connectivity index (χ0) is 21.1. The number of fused-ring (bicyclic) bond motifs is 1. The van der Waals surface area contributed by atoms with Gasteiger partial charge < -0.3 is 9.47 Å². The number of nitrogens with zero attached hydrogens (tertiary/aromatic N) is 2. The molecule has 3 aromatic rings. The van der Waals surface area contributed by atoms with Crippen molar-refractivity contribution >= 4 is 28.9 Å². The average molecular weight is 423 g/mol. The normalized spacial score (nSPS) is 15.5. The van der Waals surface area contributed by atoms with E-state index in [4.69, 9.17) is 9.47 Å². The van der Waals surface area contributed by atoms with Crippen molar-refractivity contribution in [1.82, 2.24) is 4.98 Å². The monoisotopic (exact) mass is 422 g/mol. The topological polar surface area (TPSA) is 68.7 Å². The minimum atomic E-state index is -0.665. The van der Waals surface area contributed by atoms with E-state index in [1.54, 1.807) is 18.3 Å². The van der Waals surface area contributed by atoms with Crippen molar-refractivity contribution in [3.8, 4) is 17.0 Å². The number of amides is 1. The fraction of sp³-hybridized carbons (Fsp3) is 0.261. The second kappa shape index (κ2) is 8.67. The summed E-state index contributed by atoms with van der Waals surface area (Å²) in [5.41, 5.74) is 3.35. The highest BCUT2D eigenvalue weighted by Gasteiger charge is 2.33. The maximum absolute atomic E-state index is 12.8. The zero-order valence-electron chi connectivity index (χ0n) is 16.8. The van der Waals surface area contributed by atoms with E-state index in [9.17, 15) is 9.59 Å². The number of ether oxygens (including phenoxy) is 2. The van der Waals surface area contributed by atoms with Gasteiger partial charge in [0, 0.05) is 17.4 Å². The van der Waals surface area contributed by atoms with Crippen molar-refractivity contribution in [3.63, 3.8) is 0 Å². The number of rotatable bonds is 6. The third kappa shape index (κ3) is 4.36. The Hall–Kier alpha value is -3.19. The molecule has 0 saturated carbocycles. The predicted octanol–water partition coefficient (Wildman–Crippen LogP) is 4.02. The van der Waals surface area contributed by atoms with E-state index < -0.39 is 12.1 Å². The molecular formula is C23H22N2O4S. The van der Waals surface area contributed by atoms with Gasteiger partial charge in [0.1, 0.15) is 12.3 Å². The molecule has 154 valence electrons. The molecule has 0 spiro atoms. The number of carbonyl (C=O) groups is 2. The Labute approximate surface area is 179 Å². The Morgan fingerprint density at radius 3 is 2.77 bits per heavy atom. The Kier molecular flexibility index (Phi) is 5.81. The van der Waals surface area contributed by atoms with E-state index in [-0.39, 0.29) is 19.1 Å². The summed E-state index contributed by atoms with van der Waals surface area (Å²) in [6.45, 7) is 3.73. The summed E-state index contributed by atoms with van der Waals surface area (Å²) >= 11 is 1.56. The number of carbonyl (C=O) groups excluding carboxylic acids is 2. The molecule has 0 fully saturated rings. The largest absolute Gasteiger partial charge is 0.479 e. The number of benzene rings is 2. The molecule has 0 radical (unpaired) electrons. The molecule has 1 aromatic heterocycles. The van der Waals surface area contributed by atoms with Crippen molar-refractivity contribution in [2.24, 2.45) is 0 Å². The van der Waals surface area contributed by atoms with E-state index in [1.165, 1.54) is 4.90 Å². The molecule has 6 nitrogen and oxygen atoms in total. The van der Waals surface area contributed by atoms with E-state index in [0.717, 1.165) is 21.8 Å². The van der Waals surface area contributed by atoms with Crippen LogP contribution in [-0.2, 0) is 20.7 Å². The van der Waals surface area contributed by atoms with Crippen LogP contribution in [0.3, 0.4) is 0 Å². The maximum Gasteiger partial charge on any atom is 0.326 e. The first-order valence-electron chi connectivity index (χ1n) is 9.75. The van der Waals surface area contributed by atoms with Crippen LogP contribution in [0.2, 0.25) is 0 Å². The molecule has 0 saturated heterocycles. The lowest BCUT2D eigenvalue weighted by Gasteiger charge is -2.32. The molecule has 0 aliphatic carbocycles.